The minimum atomic E-state index is -3.05. The average Bonchev–Trinajstić information content (AvgIpc) is 2.32. The Morgan fingerprint density at radius 3 is 2.56 bits per heavy atom. The van der Waals surface area contributed by atoms with E-state index in [0.717, 1.165) is 31.4 Å². The van der Waals surface area contributed by atoms with Gasteiger partial charge in [0.15, 0.2) is 9.84 Å². The maximum absolute atomic E-state index is 12.1. The molecule has 18 heavy (non-hydrogen) atoms. The van der Waals surface area contributed by atoms with Gasteiger partial charge in [-0.2, -0.15) is 0 Å². The Hall–Kier alpha value is -0.580. The molecule has 0 bridgehead atoms. The lowest BCUT2D eigenvalue weighted by atomic mass is 10.1. The number of halogens is 1. The highest BCUT2D eigenvalue weighted by Crippen LogP contribution is 2.15. The predicted molar refractivity (Wildman–Crippen MR) is 74.6 cm³/mol. The van der Waals surface area contributed by atoms with Crippen LogP contribution in [0, 0.1) is 0 Å². The smallest absolute Gasteiger partial charge is 0.155 e. The number of rotatable bonds is 4. The first-order valence-corrected chi connectivity index (χ1v) is 8.43. The second-order valence-corrected chi connectivity index (χ2v) is 7.37. The van der Waals surface area contributed by atoms with Crippen molar-refractivity contribution >= 4 is 21.4 Å². The van der Waals surface area contributed by atoms with Gasteiger partial charge in [0.1, 0.15) is 0 Å². The molecule has 0 saturated carbocycles. The van der Waals surface area contributed by atoms with Crippen LogP contribution in [-0.4, -0.2) is 26.8 Å². The molecule has 0 amide bonds. The number of sulfone groups is 1. The Kier molecular flexibility index (Phi) is 4.65. The first-order valence-electron chi connectivity index (χ1n) is 6.23. The van der Waals surface area contributed by atoms with E-state index in [1.54, 1.807) is 24.3 Å². The standard InChI is InChI=1S/C13H18ClNO2S/c14-12-6-4-11(5-7-12)9-18(16,17)10-13-3-1-2-8-15-13/h4-7,13,15H,1-3,8-10H2. The van der Waals surface area contributed by atoms with Crippen LogP contribution < -0.4 is 5.32 Å². The maximum atomic E-state index is 12.1. The summed E-state index contributed by atoms with van der Waals surface area (Å²) in [6.07, 6.45) is 3.22. The Labute approximate surface area is 113 Å². The molecule has 1 N–H and O–H groups in total. The van der Waals surface area contributed by atoms with E-state index in [1.807, 2.05) is 0 Å². The molecule has 1 aliphatic rings. The van der Waals surface area contributed by atoms with Crippen LogP contribution in [0.4, 0.5) is 0 Å². The predicted octanol–water partition coefficient (Wildman–Crippen LogP) is 2.40. The molecule has 1 aromatic rings. The summed E-state index contributed by atoms with van der Waals surface area (Å²) in [5.41, 5.74) is 0.801. The zero-order valence-corrected chi connectivity index (χ0v) is 11.8. The van der Waals surface area contributed by atoms with Gasteiger partial charge in [0.05, 0.1) is 11.5 Å². The molecule has 2 rings (SSSR count). The second kappa shape index (κ2) is 6.04. The molecule has 1 saturated heterocycles. The maximum Gasteiger partial charge on any atom is 0.155 e. The van der Waals surface area contributed by atoms with E-state index in [0.29, 0.717) is 5.02 Å². The van der Waals surface area contributed by atoms with Crippen molar-refractivity contribution in [2.24, 2.45) is 0 Å². The first-order chi connectivity index (χ1) is 8.55. The lowest BCUT2D eigenvalue weighted by Crippen LogP contribution is -2.39. The van der Waals surface area contributed by atoms with Gasteiger partial charge < -0.3 is 5.32 Å². The summed E-state index contributed by atoms with van der Waals surface area (Å²) in [5, 5.41) is 3.90. The molecule has 1 unspecified atom stereocenters. The first kappa shape index (κ1) is 13.8. The van der Waals surface area contributed by atoms with E-state index in [9.17, 15) is 8.42 Å². The fourth-order valence-electron chi connectivity index (χ4n) is 2.27. The summed E-state index contributed by atoms with van der Waals surface area (Å²) in [7, 11) is -3.05. The van der Waals surface area contributed by atoms with Gasteiger partial charge in [0.2, 0.25) is 0 Å². The minimum absolute atomic E-state index is 0.0996. The van der Waals surface area contributed by atoms with Gasteiger partial charge in [0, 0.05) is 11.1 Å². The van der Waals surface area contributed by atoms with Crippen LogP contribution in [0.15, 0.2) is 24.3 Å². The molecule has 0 aromatic heterocycles. The molecule has 0 spiro atoms. The van der Waals surface area contributed by atoms with Gasteiger partial charge in [0.25, 0.3) is 0 Å². The molecular weight excluding hydrogens is 270 g/mol. The van der Waals surface area contributed by atoms with Crippen molar-refractivity contribution in [2.45, 2.75) is 31.1 Å². The van der Waals surface area contributed by atoms with E-state index in [1.165, 1.54) is 0 Å². The van der Waals surface area contributed by atoms with E-state index in [2.05, 4.69) is 5.32 Å². The lowest BCUT2D eigenvalue weighted by molar-refractivity contribution is 0.423. The highest BCUT2D eigenvalue weighted by molar-refractivity contribution is 7.90. The minimum Gasteiger partial charge on any atom is -0.313 e. The topological polar surface area (TPSA) is 46.2 Å². The van der Waals surface area contributed by atoms with E-state index in [-0.39, 0.29) is 17.5 Å². The van der Waals surface area contributed by atoms with Crippen molar-refractivity contribution in [1.29, 1.82) is 0 Å². The van der Waals surface area contributed by atoms with Gasteiger partial charge in [-0.1, -0.05) is 30.2 Å². The fraction of sp³-hybridized carbons (Fsp3) is 0.538. The molecule has 5 heteroatoms. The molecule has 100 valence electrons. The lowest BCUT2D eigenvalue weighted by Gasteiger charge is -2.23. The van der Waals surface area contributed by atoms with Crippen molar-refractivity contribution in [2.75, 3.05) is 12.3 Å². The molecule has 1 atom stereocenters. The highest BCUT2D eigenvalue weighted by atomic mass is 35.5. The van der Waals surface area contributed by atoms with Crippen molar-refractivity contribution in [3.8, 4) is 0 Å². The molecule has 0 aliphatic carbocycles. The van der Waals surface area contributed by atoms with Crippen molar-refractivity contribution in [3.63, 3.8) is 0 Å². The van der Waals surface area contributed by atoms with Crippen molar-refractivity contribution in [3.05, 3.63) is 34.9 Å². The summed E-state index contributed by atoms with van der Waals surface area (Å²) >= 11 is 5.78. The van der Waals surface area contributed by atoms with Gasteiger partial charge in [-0.05, 0) is 37.1 Å². The Morgan fingerprint density at radius 1 is 1.22 bits per heavy atom. The van der Waals surface area contributed by atoms with Gasteiger partial charge in [-0.3, -0.25) is 0 Å². The third-order valence-corrected chi connectivity index (χ3v) is 5.10. The van der Waals surface area contributed by atoms with E-state index >= 15 is 0 Å². The quantitative estimate of drug-likeness (QED) is 0.925. The van der Waals surface area contributed by atoms with Gasteiger partial charge >= 0.3 is 0 Å². The van der Waals surface area contributed by atoms with Gasteiger partial charge in [-0.25, -0.2) is 8.42 Å². The Balaban J connectivity index is 1.96. The van der Waals surface area contributed by atoms with Gasteiger partial charge in [-0.15, -0.1) is 0 Å². The van der Waals surface area contributed by atoms with Crippen molar-refractivity contribution < 1.29 is 8.42 Å². The van der Waals surface area contributed by atoms with Crippen LogP contribution in [-0.2, 0) is 15.6 Å². The molecule has 0 radical (unpaired) electrons. The Bertz CT molecular complexity index is 478. The van der Waals surface area contributed by atoms with E-state index in [4.69, 9.17) is 11.6 Å². The van der Waals surface area contributed by atoms with Crippen LogP contribution in [0.3, 0.4) is 0 Å². The van der Waals surface area contributed by atoms with Crippen LogP contribution >= 0.6 is 11.6 Å². The fourth-order valence-corrected chi connectivity index (χ4v) is 4.11. The zero-order chi connectivity index (χ0) is 13.0. The largest absolute Gasteiger partial charge is 0.313 e. The molecule has 3 nitrogen and oxygen atoms in total. The SMILES string of the molecule is O=S(=O)(Cc1ccc(Cl)cc1)CC1CCCCN1. The molecule has 1 aromatic carbocycles. The Morgan fingerprint density at radius 2 is 1.94 bits per heavy atom. The number of piperidine rings is 1. The summed E-state index contributed by atoms with van der Waals surface area (Å²) in [6, 6.07) is 7.12. The van der Waals surface area contributed by atoms with Crippen molar-refractivity contribution in [1.82, 2.24) is 5.32 Å². The average molecular weight is 288 g/mol. The number of hydrogen-bond acceptors (Lipinski definition) is 3. The summed E-state index contributed by atoms with van der Waals surface area (Å²) < 4.78 is 24.2. The third kappa shape index (κ3) is 4.26. The second-order valence-electron chi connectivity index (χ2n) is 4.83. The summed E-state index contributed by atoms with van der Waals surface area (Å²) in [4.78, 5) is 0. The van der Waals surface area contributed by atoms with Crippen LogP contribution in [0.1, 0.15) is 24.8 Å². The van der Waals surface area contributed by atoms with Crippen LogP contribution in [0.25, 0.3) is 0 Å². The number of benzene rings is 1. The zero-order valence-electron chi connectivity index (χ0n) is 10.2. The molecular formula is C13H18ClNO2S. The molecule has 1 fully saturated rings. The third-order valence-electron chi connectivity index (χ3n) is 3.17. The molecule has 1 heterocycles. The number of hydrogen-bond donors (Lipinski definition) is 1. The summed E-state index contributed by atoms with van der Waals surface area (Å²) in [6.45, 7) is 0.932. The monoisotopic (exact) mass is 287 g/mol. The number of nitrogens with one attached hydrogen (secondary N) is 1. The normalized spacial score (nSPS) is 20.8. The van der Waals surface area contributed by atoms with Crippen LogP contribution in [0.5, 0.6) is 0 Å². The van der Waals surface area contributed by atoms with E-state index < -0.39 is 9.84 Å². The molecule has 1 aliphatic heterocycles. The highest BCUT2D eigenvalue weighted by Gasteiger charge is 2.21. The summed E-state index contributed by atoms with van der Waals surface area (Å²) in [5.74, 6) is 0.331. The van der Waals surface area contributed by atoms with Crippen LogP contribution in [0.2, 0.25) is 5.02 Å².